The summed E-state index contributed by atoms with van der Waals surface area (Å²) in [6, 6.07) is 10.2. The molecule has 35 heavy (non-hydrogen) atoms. The van der Waals surface area contributed by atoms with Crippen LogP contribution in [0.25, 0.3) is 0 Å². The Hall–Kier alpha value is -2.00. The molecule has 0 aliphatic heterocycles. The molecule has 0 saturated carbocycles. The van der Waals surface area contributed by atoms with Crippen molar-refractivity contribution in [3.8, 4) is 0 Å². The molecule has 2 amide bonds. The Bertz CT molecular complexity index is 1170. The zero-order valence-corrected chi connectivity index (χ0v) is 23.4. The van der Waals surface area contributed by atoms with Crippen LogP contribution in [0.5, 0.6) is 0 Å². The summed E-state index contributed by atoms with van der Waals surface area (Å²) in [4.78, 5) is 28.1. The van der Waals surface area contributed by atoms with Gasteiger partial charge in [-0.3, -0.25) is 13.9 Å². The van der Waals surface area contributed by atoms with E-state index in [1.165, 1.54) is 17.0 Å². The van der Waals surface area contributed by atoms with E-state index in [0.717, 1.165) is 10.6 Å². The molecule has 11 heteroatoms. The minimum atomic E-state index is -3.82. The highest BCUT2D eigenvalue weighted by Crippen LogP contribution is 2.25. The van der Waals surface area contributed by atoms with Crippen LogP contribution in [0.3, 0.4) is 0 Å². The first-order chi connectivity index (χ1) is 16.1. The van der Waals surface area contributed by atoms with Gasteiger partial charge in [0.25, 0.3) is 0 Å². The third-order valence-electron chi connectivity index (χ3n) is 5.01. The molecule has 7 nitrogen and oxygen atoms in total. The normalized spacial score (nSPS) is 12.7. The molecule has 0 aliphatic rings. The van der Waals surface area contributed by atoms with Crippen molar-refractivity contribution < 1.29 is 18.0 Å². The quantitative estimate of drug-likeness (QED) is 0.459. The molecule has 1 unspecified atom stereocenters. The second-order valence-electron chi connectivity index (χ2n) is 9.18. The predicted molar refractivity (Wildman–Crippen MR) is 143 cm³/mol. The lowest BCUT2D eigenvalue weighted by Crippen LogP contribution is -2.55. The Kier molecular flexibility index (Phi) is 9.87. The minimum absolute atomic E-state index is 0.0318. The zero-order valence-electron chi connectivity index (χ0n) is 20.3. The first kappa shape index (κ1) is 29.2. The number of anilines is 1. The third-order valence-corrected chi connectivity index (χ3v) is 7.15. The van der Waals surface area contributed by atoms with Crippen LogP contribution in [-0.4, -0.2) is 49.5 Å². The summed E-state index contributed by atoms with van der Waals surface area (Å²) >= 11 is 18.1. The van der Waals surface area contributed by atoms with Crippen LogP contribution in [0.15, 0.2) is 42.5 Å². The zero-order chi connectivity index (χ0) is 26.6. The average molecular weight is 563 g/mol. The molecule has 2 aromatic rings. The molecule has 0 radical (unpaired) electrons. The fraction of sp³-hybridized carbons (Fsp3) is 0.417. The summed E-state index contributed by atoms with van der Waals surface area (Å²) in [5.41, 5.74) is 0.407. The molecule has 0 fully saturated rings. The summed E-state index contributed by atoms with van der Waals surface area (Å²) in [5.74, 6) is -0.891. The number of carbonyl (C=O) groups is 2. The Labute approximate surface area is 222 Å². The highest BCUT2D eigenvalue weighted by molar-refractivity contribution is 7.92. The van der Waals surface area contributed by atoms with E-state index in [2.05, 4.69) is 5.32 Å². The van der Waals surface area contributed by atoms with E-state index >= 15 is 0 Å². The fourth-order valence-corrected chi connectivity index (χ4v) is 4.72. The number of carbonyl (C=O) groups excluding carboxylic acids is 2. The SMILES string of the molecule is CCC(C(=O)NC(C)(C)C)N(Cc1ccc(Cl)c(Cl)c1)C(=O)CN(c1ccc(Cl)cc1)S(C)(=O)=O. The summed E-state index contributed by atoms with van der Waals surface area (Å²) in [5, 5.41) is 4.00. The molecule has 0 spiro atoms. The molecule has 1 atom stereocenters. The monoisotopic (exact) mass is 561 g/mol. The molecular formula is C24H30Cl3N3O4S. The molecule has 0 saturated heterocycles. The Morgan fingerprint density at radius 2 is 1.60 bits per heavy atom. The fourth-order valence-electron chi connectivity index (χ4n) is 3.43. The maximum atomic E-state index is 13.6. The van der Waals surface area contributed by atoms with Gasteiger partial charge >= 0.3 is 0 Å². The number of benzene rings is 2. The Balaban J connectivity index is 2.47. The van der Waals surface area contributed by atoms with Gasteiger partial charge in [-0.15, -0.1) is 0 Å². The number of sulfonamides is 1. The van der Waals surface area contributed by atoms with Crippen molar-refractivity contribution in [2.75, 3.05) is 17.1 Å². The number of nitrogens with zero attached hydrogens (tertiary/aromatic N) is 2. The van der Waals surface area contributed by atoms with Gasteiger partial charge in [0.2, 0.25) is 21.8 Å². The highest BCUT2D eigenvalue weighted by Gasteiger charge is 2.33. The highest BCUT2D eigenvalue weighted by atomic mass is 35.5. The van der Waals surface area contributed by atoms with Crippen LogP contribution in [0.1, 0.15) is 39.7 Å². The molecule has 2 rings (SSSR count). The number of hydrogen-bond acceptors (Lipinski definition) is 4. The minimum Gasteiger partial charge on any atom is -0.350 e. The second kappa shape index (κ2) is 11.8. The van der Waals surface area contributed by atoms with E-state index in [4.69, 9.17) is 34.8 Å². The second-order valence-corrected chi connectivity index (χ2v) is 12.3. The van der Waals surface area contributed by atoms with Crippen molar-refractivity contribution in [3.63, 3.8) is 0 Å². The van der Waals surface area contributed by atoms with E-state index in [1.54, 1.807) is 37.3 Å². The molecule has 0 aromatic heterocycles. The number of amides is 2. The van der Waals surface area contributed by atoms with Crippen molar-refractivity contribution in [2.24, 2.45) is 0 Å². The van der Waals surface area contributed by atoms with Gasteiger partial charge in [-0.1, -0.05) is 47.8 Å². The van der Waals surface area contributed by atoms with Crippen LogP contribution in [-0.2, 0) is 26.2 Å². The van der Waals surface area contributed by atoms with Gasteiger partial charge in [-0.25, -0.2) is 8.42 Å². The summed E-state index contributed by atoms with van der Waals surface area (Å²) in [6.45, 7) is 6.85. The van der Waals surface area contributed by atoms with E-state index < -0.39 is 34.1 Å². The molecule has 2 aromatic carbocycles. The average Bonchev–Trinajstić information content (AvgIpc) is 2.73. The van der Waals surface area contributed by atoms with Gasteiger partial charge in [0.15, 0.2) is 0 Å². The van der Waals surface area contributed by atoms with E-state index in [9.17, 15) is 18.0 Å². The van der Waals surface area contributed by atoms with Crippen molar-refractivity contribution in [2.45, 2.75) is 52.2 Å². The largest absolute Gasteiger partial charge is 0.350 e. The number of nitrogens with one attached hydrogen (secondary N) is 1. The Morgan fingerprint density at radius 1 is 1.00 bits per heavy atom. The number of halogens is 3. The van der Waals surface area contributed by atoms with Gasteiger partial charge in [0.1, 0.15) is 12.6 Å². The maximum Gasteiger partial charge on any atom is 0.244 e. The van der Waals surface area contributed by atoms with Crippen LogP contribution in [0, 0.1) is 0 Å². The van der Waals surface area contributed by atoms with Gasteiger partial charge in [0, 0.05) is 17.1 Å². The first-order valence-electron chi connectivity index (χ1n) is 10.9. The topological polar surface area (TPSA) is 86.8 Å². The standard InChI is InChI=1S/C24H30Cl3N3O4S/c1-6-21(23(32)28-24(2,3)4)29(14-16-7-12-19(26)20(27)13-16)22(31)15-30(35(5,33)34)18-10-8-17(25)9-11-18/h7-13,21H,6,14-15H2,1-5H3,(H,28,32). The van der Waals surface area contributed by atoms with Crippen molar-refractivity contribution in [1.29, 1.82) is 0 Å². The van der Waals surface area contributed by atoms with E-state index in [0.29, 0.717) is 27.1 Å². The lowest BCUT2D eigenvalue weighted by Gasteiger charge is -2.34. The van der Waals surface area contributed by atoms with Crippen LogP contribution >= 0.6 is 34.8 Å². The molecular weight excluding hydrogens is 533 g/mol. The molecule has 192 valence electrons. The smallest absolute Gasteiger partial charge is 0.244 e. The first-order valence-corrected chi connectivity index (χ1v) is 13.9. The molecule has 0 aliphatic carbocycles. The van der Waals surface area contributed by atoms with Crippen molar-refractivity contribution >= 4 is 62.3 Å². The van der Waals surface area contributed by atoms with Crippen LogP contribution in [0.4, 0.5) is 5.69 Å². The van der Waals surface area contributed by atoms with E-state index in [-0.39, 0.29) is 18.1 Å². The molecule has 1 N–H and O–H groups in total. The lowest BCUT2D eigenvalue weighted by molar-refractivity contribution is -0.141. The van der Waals surface area contributed by atoms with Crippen LogP contribution in [0.2, 0.25) is 15.1 Å². The van der Waals surface area contributed by atoms with Gasteiger partial charge in [-0.05, 0) is 69.2 Å². The van der Waals surface area contributed by atoms with Crippen molar-refractivity contribution in [3.05, 3.63) is 63.1 Å². The Morgan fingerprint density at radius 3 is 2.09 bits per heavy atom. The lowest BCUT2D eigenvalue weighted by atomic mass is 10.1. The number of hydrogen-bond donors (Lipinski definition) is 1. The van der Waals surface area contributed by atoms with Gasteiger partial charge in [0.05, 0.1) is 22.0 Å². The van der Waals surface area contributed by atoms with Gasteiger partial charge in [-0.2, -0.15) is 0 Å². The third kappa shape index (κ3) is 8.56. The summed E-state index contributed by atoms with van der Waals surface area (Å²) in [7, 11) is -3.82. The molecule has 0 heterocycles. The van der Waals surface area contributed by atoms with Crippen LogP contribution < -0.4 is 9.62 Å². The molecule has 0 bridgehead atoms. The maximum absolute atomic E-state index is 13.6. The van der Waals surface area contributed by atoms with E-state index in [1.807, 2.05) is 20.8 Å². The summed E-state index contributed by atoms with van der Waals surface area (Å²) in [6.07, 6.45) is 1.33. The predicted octanol–water partition coefficient (Wildman–Crippen LogP) is 5.13. The van der Waals surface area contributed by atoms with Crippen molar-refractivity contribution in [1.82, 2.24) is 10.2 Å². The summed E-state index contributed by atoms with van der Waals surface area (Å²) < 4.78 is 26.2. The number of rotatable bonds is 9. The van der Waals surface area contributed by atoms with Gasteiger partial charge < -0.3 is 10.2 Å².